The van der Waals surface area contributed by atoms with Crippen LogP contribution >= 0.6 is 23.2 Å². The Labute approximate surface area is 208 Å². The fourth-order valence-corrected chi connectivity index (χ4v) is 4.23. The zero-order valence-electron chi connectivity index (χ0n) is 18.6. The summed E-state index contributed by atoms with van der Waals surface area (Å²) in [7, 11) is 0. The van der Waals surface area contributed by atoms with E-state index in [0.717, 1.165) is 10.1 Å². The number of alkyl halides is 2. The normalized spacial score (nSPS) is 11.3. The second-order valence-corrected chi connectivity index (χ2v) is 8.80. The third-order valence-corrected chi connectivity index (χ3v) is 6.23. The number of hydrogen-bond acceptors (Lipinski definition) is 4. The molecule has 1 aromatic heterocycles. The SMILES string of the molecule is Cc1ccccc1Cn1c(C(F)F)nc2c(C)ccc(NC(=O)c3cc(Cl)c(O)c(Cl)c3)c2c1=O. The third kappa shape index (κ3) is 4.72. The molecule has 0 unspecified atom stereocenters. The Morgan fingerprint density at radius 3 is 2.37 bits per heavy atom. The first-order chi connectivity index (χ1) is 16.6. The lowest BCUT2D eigenvalue weighted by atomic mass is 10.1. The summed E-state index contributed by atoms with van der Waals surface area (Å²) in [4.78, 5) is 30.6. The summed E-state index contributed by atoms with van der Waals surface area (Å²) in [5, 5.41) is 12.1. The van der Waals surface area contributed by atoms with Gasteiger partial charge in [-0.3, -0.25) is 14.2 Å². The van der Waals surface area contributed by atoms with Crippen LogP contribution < -0.4 is 10.9 Å². The van der Waals surface area contributed by atoms with Crippen molar-refractivity contribution in [1.82, 2.24) is 9.55 Å². The Morgan fingerprint density at radius 1 is 1.09 bits per heavy atom. The summed E-state index contributed by atoms with van der Waals surface area (Å²) in [6.07, 6.45) is -2.99. The van der Waals surface area contributed by atoms with E-state index in [1.54, 1.807) is 25.1 Å². The van der Waals surface area contributed by atoms with Crippen LogP contribution in [0.2, 0.25) is 10.0 Å². The van der Waals surface area contributed by atoms with Gasteiger partial charge in [-0.1, -0.05) is 53.5 Å². The van der Waals surface area contributed by atoms with Crippen LogP contribution in [0.5, 0.6) is 5.75 Å². The van der Waals surface area contributed by atoms with Gasteiger partial charge in [0.25, 0.3) is 17.9 Å². The predicted molar refractivity (Wildman–Crippen MR) is 132 cm³/mol. The molecule has 0 aliphatic rings. The largest absolute Gasteiger partial charge is 0.505 e. The summed E-state index contributed by atoms with van der Waals surface area (Å²) in [6, 6.07) is 12.7. The number of carbonyl (C=O) groups is 1. The van der Waals surface area contributed by atoms with E-state index in [9.17, 15) is 23.5 Å². The fourth-order valence-electron chi connectivity index (χ4n) is 3.74. The van der Waals surface area contributed by atoms with Crippen LogP contribution in [-0.4, -0.2) is 20.6 Å². The molecule has 3 aromatic carbocycles. The van der Waals surface area contributed by atoms with Crippen LogP contribution in [0.15, 0.2) is 53.3 Å². The quantitative estimate of drug-likeness (QED) is 0.327. The maximum atomic E-state index is 14.0. The van der Waals surface area contributed by atoms with E-state index in [0.29, 0.717) is 11.1 Å². The average Bonchev–Trinajstić information content (AvgIpc) is 2.81. The van der Waals surface area contributed by atoms with Gasteiger partial charge in [0.15, 0.2) is 11.6 Å². The number of amides is 1. The summed E-state index contributed by atoms with van der Waals surface area (Å²) >= 11 is 11.8. The highest BCUT2D eigenvalue weighted by atomic mass is 35.5. The van der Waals surface area contributed by atoms with Crippen molar-refractivity contribution >= 4 is 45.7 Å². The first-order valence-corrected chi connectivity index (χ1v) is 11.2. The van der Waals surface area contributed by atoms with Gasteiger partial charge in [0, 0.05) is 5.56 Å². The van der Waals surface area contributed by atoms with Gasteiger partial charge in [0.05, 0.1) is 33.2 Å². The van der Waals surface area contributed by atoms with Gasteiger partial charge in [-0.15, -0.1) is 0 Å². The molecule has 1 heterocycles. The smallest absolute Gasteiger partial charge is 0.295 e. The molecule has 0 spiro atoms. The van der Waals surface area contributed by atoms with E-state index < -0.39 is 23.7 Å². The summed E-state index contributed by atoms with van der Waals surface area (Å²) < 4.78 is 28.9. The number of aryl methyl sites for hydroxylation is 2. The Hall–Kier alpha value is -3.49. The number of halogens is 4. The first-order valence-electron chi connectivity index (χ1n) is 10.4. The van der Waals surface area contributed by atoms with Crippen LogP contribution in [0, 0.1) is 13.8 Å². The van der Waals surface area contributed by atoms with Crippen molar-refractivity contribution in [2.24, 2.45) is 0 Å². The molecule has 0 fully saturated rings. The molecule has 0 saturated carbocycles. The topological polar surface area (TPSA) is 84.2 Å². The molecular weight excluding hydrogens is 499 g/mol. The number of nitrogens with zero attached hydrogens (tertiary/aromatic N) is 2. The van der Waals surface area contributed by atoms with Gasteiger partial charge < -0.3 is 10.4 Å². The lowest BCUT2D eigenvalue weighted by Gasteiger charge is -2.17. The lowest BCUT2D eigenvalue weighted by Crippen LogP contribution is -2.28. The molecule has 0 radical (unpaired) electrons. The van der Waals surface area contributed by atoms with Gasteiger partial charge in [-0.2, -0.15) is 0 Å². The van der Waals surface area contributed by atoms with Crippen molar-refractivity contribution in [3.05, 3.63) is 97.0 Å². The molecule has 4 rings (SSSR count). The number of phenols is 1. The van der Waals surface area contributed by atoms with Crippen LogP contribution in [0.25, 0.3) is 10.9 Å². The van der Waals surface area contributed by atoms with Crippen molar-refractivity contribution in [3.8, 4) is 5.75 Å². The number of carbonyl (C=O) groups excluding carboxylic acids is 1. The van der Waals surface area contributed by atoms with E-state index >= 15 is 0 Å². The Kier molecular flexibility index (Phi) is 6.78. The van der Waals surface area contributed by atoms with Crippen molar-refractivity contribution in [2.75, 3.05) is 5.32 Å². The van der Waals surface area contributed by atoms with E-state index in [-0.39, 0.29) is 44.5 Å². The summed E-state index contributed by atoms with van der Waals surface area (Å²) in [5.41, 5.74) is 1.48. The maximum absolute atomic E-state index is 14.0. The molecule has 0 bridgehead atoms. The van der Waals surface area contributed by atoms with Crippen LogP contribution in [0.4, 0.5) is 14.5 Å². The second-order valence-electron chi connectivity index (χ2n) is 7.98. The minimum absolute atomic E-state index is 0.00712. The number of nitrogens with one attached hydrogen (secondary N) is 1. The Balaban J connectivity index is 1.88. The minimum Gasteiger partial charge on any atom is -0.505 e. The highest BCUT2D eigenvalue weighted by Crippen LogP contribution is 2.33. The van der Waals surface area contributed by atoms with Crippen LogP contribution in [-0.2, 0) is 6.54 Å². The standard InChI is InChI=1S/C25H19Cl2F2N3O3/c1-12-5-3-4-6-14(12)11-32-23(22(28)29)31-20-13(2)7-8-18(19(20)25(32)35)30-24(34)15-9-16(26)21(33)17(27)10-15/h3-10,22,33H,11H2,1-2H3,(H,30,34). The average molecular weight is 518 g/mol. The number of fused-ring (bicyclic) bond motifs is 1. The van der Waals surface area contributed by atoms with Gasteiger partial charge in [-0.25, -0.2) is 13.8 Å². The molecule has 0 saturated heterocycles. The van der Waals surface area contributed by atoms with E-state index in [1.807, 2.05) is 19.1 Å². The highest BCUT2D eigenvalue weighted by molar-refractivity contribution is 6.37. The number of benzene rings is 3. The van der Waals surface area contributed by atoms with Crippen molar-refractivity contribution < 1.29 is 18.7 Å². The molecule has 0 aliphatic carbocycles. The van der Waals surface area contributed by atoms with E-state index in [2.05, 4.69) is 10.3 Å². The molecule has 0 atom stereocenters. The van der Waals surface area contributed by atoms with Crippen molar-refractivity contribution in [2.45, 2.75) is 26.8 Å². The Bertz CT molecular complexity index is 1510. The molecule has 4 aromatic rings. The zero-order chi connectivity index (χ0) is 25.4. The second kappa shape index (κ2) is 9.64. The minimum atomic E-state index is -2.99. The zero-order valence-corrected chi connectivity index (χ0v) is 20.1. The van der Waals surface area contributed by atoms with Crippen molar-refractivity contribution in [3.63, 3.8) is 0 Å². The van der Waals surface area contributed by atoms with Crippen molar-refractivity contribution in [1.29, 1.82) is 0 Å². The molecule has 0 aliphatic heterocycles. The predicted octanol–water partition coefficient (Wildman–Crippen LogP) is 6.26. The number of aromatic nitrogens is 2. The van der Waals surface area contributed by atoms with Gasteiger partial charge in [0.2, 0.25) is 0 Å². The molecular formula is C25H19Cl2F2N3O3. The number of anilines is 1. The van der Waals surface area contributed by atoms with Crippen LogP contribution in [0.1, 0.15) is 39.3 Å². The first kappa shape index (κ1) is 24.6. The Morgan fingerprint density at radius 2 is 1.74 bits per heavy atom. The van der Waals surface area contributed by atoms with Gasteiger partial charge in [0.1, 0.15) is 0 Å². The summed E-state index contributed by atoms with van der Waals surface area (Å²) in [5.74, 6) is -1.69. The molecule has 6 nitrogen and oxygen atoms in total. The monoisotopic (exact) mass is 517 g/mol. The fraction of sp³-hybridized carbons (Fsp3) is 0.160. The molecule has 35 heavy (non-hydrogen) atoms. The molecule has 180 valence electrons. The number of hydrogen-bond donors (Lipinski definition) is 2. The lowest BCUT2D eigenvalue weighted by molar-refractivity contribution is 0.102. The number of phenolic OH excluding ortho intramolecular Hbond substituents is 1. The van der Waals surface area contributed by atoms with E-state index in [4.69, 9.17) is 23.2 Å². The van der Waals surface area contributed by atoms with E-state index in [1.165, 1.54) is 18.2 Å². The third-order valence-electron chi connectivity index (χ3n) is 5.65. The van der Waals surface area contributed by atoms with Gasteiger partial charge in [-0.05, 0) is 48.7 Å². The number of aromatic hydroxyl groups is 1. The number of rotatable bonds is 5. The highest BCUT2D eigenvalue weighted by Gasteiger charge is 2.23. The van der Waals surface area contributed by atoms with Gasteiger partial charge >= 0.3 is 0 Å². The van der Waals surface area contributed by atoms with Crippen LogP contribution in [0.3, 0.4) is 0 Å². The molecule has 1 amide bonds. The molecule has 10 heteroatoms. The molecule has 2 N–H and O–H groups in total. The summed E-state index contributed by atoms with van der Waals surface area (Å²) in [6.45, 7) is 3.35. The maximum Gasteiger partial charge on any atom is 0.295 e.